The fourth-order valence-electron chi connectivity index (χ4n) is 2.14. The zero-order valence-corrected chi connectivity index (χ0v) is 9.69. The van der Waals surface area contributed by atoms with Crippen LogP contribution in [0, 0.1) is 0 Å². The lowest BCUT2D eigenvalue weighted by molar-refractivity contribution is 0.209. The monoisotopic (exact) mass is 203 g/mol. The van der Waals surface area contributed by atoms with Crippen LogP contribution in [0.2, 0.25) is 0 Å². The first-order chi connectivity index (χ1) is 7.27. The van der Waals surface area contributed by atoms with E-state index >= 15 is 0 Å². The third-order valence-electron chi connectivity index (χ3n) is 3.17. The molecular weight excluding hydrogens is 183 g/mol. The van der Waals surface area contributed by atoms with Crippen LogP contribution in [0.3, 0.4) is 0 Å². The van der Waals surface area contributed by atoms with Crippen molar-refractivity contribution in [3.63, 3.8) is 0 Å². The van der Waals surface area contributed by atoms with E-state index in [1.807, 2.05) is 0 Å². The number of hydrogen-bond acceptors (Lipinski definition) is 2. The van der Waals surface area contributed by atoms with Gasteiger partial charge in [-0.2, -0.15) is 0 Å². The molecule has 0 aliphatic carbocycles. The summed E-state index contributed by atoms with van der Waals surface area (Å²) in [5.74, 6) is 0. The summed E-state index contributed by atoms with van der Waals surface area (Å²) in [6.07, 6.45) is 0. The molecule has 2 rings (SSSR count). The van der Waals surface area contributed by atoms with E-state index in [9.17, 15) is 0 Å². The molecule has 0 N–H and O–H groups in total. The van der Waals surface area contributed by atoms with Gasteiger partial charge >= 0.3 is 0 Å². The number of anilines is 1. The van der Waals surface area contributed by atoms with Gasteiger partial charge in [0.25, 0.3) is 0 Å². The highest BCUT2D eigenvalue weighted by Gasteiger charge is 2.18. The van der Waals surface area contributed by atoms with E-state index in [4.69, 9.17) is 0 Å². The van der Waals surface area contributed by atoms with Gasteiger partial charge in [0.1, 0.15) is 0 Å². The minimum absolute atomic E-state index is 0.683. The van der Waals surface area contributed by atoms with Crippen LogP contribution in [0.1, 0.15) is 13.8 Å². The molecule has 0 aromatic heterocycles. The van der Waals surface area contributed by atoms with Crippen LogP contribution in [0.5, 0.6) is 0 Å². The standard InChI is InChI=1S/C13H20N2/c1-12(2)14-8-10-15(11-9-14)13-6-4-3-5-7-13/h3-7,12H,8-11H2,1-2H3/i12-1. The largest absolute Gasteiger partial charge is 0.369 e. The van der Waals surface area contributed by atoms with Crippen molar-refractivity contribution in [2.75, 3.05) is 31.1 Å². The van der Waals surface area contributed by atoms with Crippen molar-refractivity contribution in [1.82, 2.24) is 4.90 Å². The van der Waals surface area contributed by atoms with Gasteiger partial charge in [0, 0.05) is 37.9 Å². The van der Waals surface area contributed by atoms with Crippen LogP contribution in [0.25, 0.3) is 0 Å². The van der Waals surface area contributed by atoms with Crippen LogP contribution >= 0.6 is 0 Å². The maximum absolute atomic E-state index is 2.54. The Balaban J connectivity index is 1.94. The molecule has 15 heavy (non-hydrogen) atoms. The number of piperazine rings is 1. The Bertz CT molecular complexity index is 287. The third kappa shape index (κ3) is 2.51. The van der Waals surface area contributed by atoms with E-state index in [0.717, 1.165) is 13.1 Å². The molecule has 0 radical (unpaired) electrons. The molecule has 0 bridgehead atoms. The Kier molecular flexibility index (Phi) is 3.27. The number of hydrogen-bond donors (Lipinski definition) is 0. The summed E-state index contributed by atoms with van der Waals surface area (Å²) in [5, 5.41) is 0. The molecule has 0 atom stereocenters. The minimum atomic E-state index is 0.683. The molecule has 1 aliphatic rings. The average molecular weight is 203 g/mol. The lowest BCUT2D eigenvalue weighted by Crippen LogP contribution is -2.48. The molecule has 1 heterocycles. The topological polar surface area (TPSA) is 6.48 Å². The molecule has 1 fully saturated rings. The summed E-state index contributed by atoms with van der Waals surface area (Å²) in [4.78, 5) is 5.01. The molecular formula is C13H20N2. The van der Waals surface area contributed by atoms with Gasteiger partial charge in [-0.3, -0.25) is 4.90 Å². The van der Waals surface area contributed by atoms with Crippen molar-refractivity contribution in [2.24, 2.45) is 0 Å². The quantitative estimate of drug-likeness (QED) is 0.727. The zero-order valence-electron chi connectivity index (χ0n) is 9.69. The highest BCUT2D eigenvalue weighted by molar-refractivity contribution is 5.46. The molecule has 0 saturated carbocycles. The lowest BCUT2D eigenvalue weighted by atomic mass is 9.78. The van der Waals surface area contributed by atoms with Gasteiger partial charge < -0.3 is 4.90 Å². The fraction of sp³-hybridized carbons (Fsp3) is 0.538. The lowest BCUT2D eigenvalue weighted by Gasteiger charge is -2.38. The molecule has 1 aromatic carbocycles. The molecule has 0 spiro atoms. The number of para-hydroxylation sites is 1. The Morgan fingerprint density at radius 2 is 1.53 bits per heavy atom. The molecule has 0 amide bonds. The zero-order chi connectivity index (χ0) is 10.7. The highest BCUT2D eigenvalue weighted by Crippen LogP contribution is 2.16. The van der Waals surface area contributed by atoms with Gasteiger partial charge in [-0.05, 0) is 26.0 Å². The van der Waals surface area contributed by atoms with Gasteiger partial charge in [-0.1, -0.05) is 18.2 Å². The molecule has 1 saturated heterocycles. The second kappa shape index (κ2) is 4.67. The molecule has 1 aromatic rings. The van der Waals surface area contributed by atoms with E-state index in [2.05, 4.69) is 54.0 Å². The van der Waals surface area contributed by atoms with Crippen LogP contribution < -0.4 is 4.90 Å². The number of benzene rings is 1. The van der Waals surface area contributed by atoms with Gasteiger partial charge in [-0.25, -0.2) is 0 Å². The maximum Gasteiger partial charge on any atom is 0.0367 e. The van der Waals surface area contributed by atoms with E-state index in [-0.39, 0.29) is 0 Å². The third-order valence-corrected chi connectivity index (χ3v) is 3.17. The SMILES string of the molecule is C[11CH](C)N1CCN(c2ccccc2)CC1. The molecule has 1 aliphatic heterocycles. The van der Waals surface area contributed by atoms with Crippen molar-refractivity contribution in [2.45, 2.75) is 19.9 Å². The fourth-order valence-corrected chi connectivity index (χ4v) is 2.14. The summed E-state index contributed by atoms with van der Waals surface area (Å²) in [6.45, 7) is 9.24. The van der Waals surface area contributed by atoms with E-state index < -0.39 is 0 Å². The molecule has 2 heteroatoms. The summed E-state index contributed by atoms with van der Waals surface area (Å²) in [5.41, 5.74) is 1.36. The van der Waals surface area contributed by atoms with Crippen LogP contribution in [0.15, 0.2) is 30.3 Å². The van der Waals surface area contributed by atoms with Crippen LogP contribution in [0.4, 0.5) is 5.69 Å². The van der Waals surface area contributed by atoms with Crippen molar-refractivity contribution >= 4 is 5.69 Å². The van der Waals surface area contributed by atoms with Crippen molar-refractivity contribution < 1.29 is 0 Å². The molecule has 0 unspecified atom stereocenters. The second-order valence-corrected chi connectivity index (χ2v) is 4.45. The first-order valence-corrected chi connectivity index (χ1v) is 5.81. The summed E-state index contributed by atoms with van der Waals surface area (Å²) in [7, 11) is 0. The van der Waals surface area contributed by atoms with Gasteiger partial charge in [0.05, 0.1) is 0 Å². The summed E-state index contributed by atoms with van der Waals surface area (Å²) < 4.78 is 0. The molecule has 2 nitrogen and oxygen atoms in total. The summed E-state index contributed by atoms with van der Waals surface area (Å²) in [6, 6.07) is 11.4. The van der Waals surface area contributed by atoms with E-state index in [1.165, 1.54) is 18.8 Å². The summed E-state index contributed by atoms with van der Waals surface area (Å²) >= 11 is 0. The van der Waals surface area contributed by atoms with Crippen molar-refractivity contribution in [3.05, 3.63) is 30.3 Å². The smallest absolute Gasteiger partial charge is 0.0367 e. The Morgan fingerprint density at radius 1 is 0.933 bits per heavy atom. The predicted octanol–water partition coefficient (Wildman–Crippen LogP) is 2.22. The Hall–Kier alpha value is -1.02. The maximum atomic E-state index is 2.54. The van der Waals surface area contributed by atoms with Gasteiger partial charge in [0.2, 0.25) is 0 Å². The highest BCUT2D eigenvalue weighted by atomic mass is 15.2. The Morgan fingerprint density at radius 3 is 2.07 bits per heavy atom. The first kappa shape index (κ1) is 10.5. The first-order valence-electron chi connectivity index (χ1n) is 5.81. The number of nitrogens with zero attached hydrogens (tertiary/aromatic N) is 2. The average Bonchev–Trinajstić information content (AvgIpc) is 2.30. The van der Waals surface area contributed by atoms with Crippen LogP contribution in [-0.2, 0) is 0 Å². The van der Waals surface area contributed by atoms with E-state index in [0.29, 0.717) is 6.04 Å². The predicted molar refractivity (Wildman–Crippen MR) is 65.4 cm³/mol. The van der Waals surface area contributed by atoms with Crippen molar-refractivity contribution in [3.8, 4) is 0 Å². The second-order valence-electron chi connectivity index (χ2n) is 4.45. The van der Waals surface area contributed by atoms with Gasteiger partial charge in [-0.15, -0.1) is 0 Å². The normalized spacial score (nSPS) is 18.5. The number of rotatable bonds is 2. The van der Waals surface area contributed by atoms with Crippen molar-refractivity contribution in [1.29, 1.82) is 0 Å². The van der Waals surface area contributed by atoms with E-state index in [1.54, 1.807) is 0 Å². The molecule has 82 valence electrons. The van der Waals surface area contributed by atoms with Crippen LogP contribution in [-0.4, -0.2) is 37.1 Å². The van der Waals surface area contributed by atoms with Gasteiger partial charge in [0.15, 0.2) is 0 Å². The minimum Gasteiger partial charge on any atom is -0.369 e. The Labute approximate surface area is 92.5 Å².